The molecule has 1 aliphatic rings. The molecule has 3 aromatic rings. The fourth-order valence-electron chi connectivity index (χ4n) is 4.40. The Labute approximate surface area is 237 Å². The highest BCUT2D eigenvalue weighted by Crippen LogP contribution is 2.43. The molecule has 2 atom stereocenters. The summed E-state index contributed by atoms with van der Waals surface area (Å²) in [6.45, 7) is 1.64. The van der Waals surface area contributed by atoms with Gasteiger partial charge in [0, 0.05) is 49.7 Å². The number of methoxy groups -OCH3 is 1. The van der Waals surface area contributed by atoms with Gasteiger partial charge in [0.1, 0.15) is 5.75 Å². The van der Waals surface area contributed by atoms with Gasteiger partial charge in [-0.05, 0) is 47.9 Å². The van der Waals surface area contributed by atoms with Crippen LogP contribution in [0.4, 0.5) is 0 Å². The Morgan fingerprint density at radius 1 is 1.03 bits per heavy atom. The molecule has 0 radical (unpaired) electrons. The topological polar surface area (TPSA) is 101 Å². The summed E-state index contributed by atoms with van der Waals surface area (Å²) in [5, 5.41) is 9.00. The molecule has 1 amide bonds. The molecular formula is C30H34BrN3O5. The van der Waals surface area contributed by atoms with Crippen molar-refractivity contribution >= 4 is 27.7 Å². The van der Waals surface area contributed by atoms with Gasteiger partial charge in [-0.15, -0.1) is 0 Å². The molecule has 0 bridgehead atoms. The number of benzene rings is 3. The van der Waals surface area contributed by atoms with Gasteiger partial charge >= 0.3 is 0 Å². The van der Waals surface area contributed by atoms with Crippen LogP contribution in [0.25, 0.3) is 0 Å². The van der Waals surface area contributed by atoms with Crippen molar-refractivity contribution in [2.75, 3.05) is 33.5 Å². The molecule has 8 nitrogen and oxygen atoms in total. The molecule has 9 heteroatoms. The van der Waals surface area contributed by atoms with Gasteiger partial charge in [-0.25, -0.2) is 10.4 Å². The average molecular weight is 597 g/mol. The average Bonchev–Trinajstić information content (AvgIpc) is 3.35. The smallest absolute Gasteiger partial charge is 0.266 e. The van der Waals surface area contributed by atoms with Crippen molar-refractivity contribution in [2.24, 2.45) is 4.99 Å². The number of halogens is 1. The lowest BCUT2D eigenvalue weighted by Gasteiger charge is -2.31. The number of amides is 1. The minimum absolute atomic E-state index is 0.0759. The molecule has 0 spiro atoms. The van der Waals surface area contributed by atoms with Gasteiger partial charge in [-0.3, -0.25) is 10.2 Å². The summed E-state index contributed by atoms with van der Waals surface area (Å²) in [6, 6.07) is 24.9. The second kappa shape index (κ2) is 14.2. The van der Waals surface area contributed by atoms with Crippen LogP contribution in [0.15, 0.2) is 88.3 Å². The Balaban J connectivity index is 1.71. The van der Waals surface area contributed by atoms with Gasteiger partial charge in [0.2, 0.25) is 5.90 Å². The van der Waals surface area contributed by atoms with Crippen LogP contribution in [0.1, 0.15) is 35.6 Å². The predicted octanol–water partition coefficient (Wildman–Crippen LogP) is 4.37. The Morgan fingerprint density at radius 2 is 1.77 bits per heavy atom. The summed E-state index contributed by atoms with van der Waals surface area (Å²) in [7, 11) is 1.65. The zero-order chi connectivity index (χ0) is 27.5. The molecule has 4 rings (SSSR count). The summed E-state index contributed by atoms with van der Waals surface area (Å²) >= 11 is 3.65. The first-order valence-electron chi connectivity index (χ1n) is 13.0. The van der Waals surface area contributed by atoms with E-state index in [-0.39, 0.29) is 12.5 Å². The van der Waals surface area contributed by atoms with Crippen molar-refractivity contribution in [3.8, 4) is 5.75 Å². The van der Waals surface area contributed by atoms with Crippen LogP contribution in [0.5, 0.6) is 5.75 Å². The van der Waals surface area contributed by atoms with Crippen LogP contribution in [0.2, 0.25) is 0 Å². The number of ether oxygens (including phenoxy) is 3. The summed E-state index contributed by atoms with van der Waals surface area (Å²) < 4.78 is 18.2. The Bertz CT molecular complexity index is 1240. The van der Waals surface area contributed by atoms with Crippen LogP contribution >= 0.6 is 15.9 Å². The standard InChI is InChI=1S/C30H34BrN3O5/c1-37-19-7-17-32-34-29(36)30(21-24-11-5-6-12-26(24)31)27(22-9-3-2-4-10-22)39-28(33-30)23-13-15-25(16-14-23)38-20-8-18-35/h2-6,9-16,27,32,35H,7-8,17-21H2,1H3,(H,34,36)/t27-,30-/m0/s1. The highest BCUT2D eigenvalue weighted by atomic mass is 79.9. The molecule has 1 aliphatic heterocycles. The number of carbonyl (C=O) groups excluding carboxylic acids is 1. The number of nitrogens with zero attached hydrogens (tertiary/aromatic N) is 1. The lowest BCUT2D eigenvalue weighted by atomic mass is 9.82. The van der Waals surface area contributed by atoms with E-state index >= 15 is 0 Å². The number of carbonyl (C=O) groups is 1. The van der Waals surface area contributed by atoms with Crippen LogP contribution in [-0.4, -0.2) is 55.9 Å². The first-order chi connectivity index (χ1) is 19.1. The number of hydrogen-bond donors (Lipinski definition) is 3. The first kappa shape index (κ1) is 28.8. The number of aliphatic imine (C=N–C) groups is 1. The lowest BCUT2D eigenvalue weighted by Crippen LogP contribution is -2.54. The Hall–Kier alpha value is -3.24. The van der Waals surface area contributed by atoms with Gasteiger partial charge in [0.05, 0.1) is 6.61 Å². The molecule has 39 heavy (non-hydrogen) atoms. The molecular weight excluding hydrogens is 562 g/mol. The molecule has 3 N–H and O–H groups in total. The molecule has 0 saturated heterocycles. The molecule has 1 heterocycles. The van der Waals surface area contributed by atoms with Crippen molar-refractivity contribution < 1.29 is 24.1 Å². The number of nitrogens with one attached hydrogen (secondary N) is 2. The second-order valence-corrected chi connectivity index (χ2v) is 10.0. The van der Waals surface area contributed by atoms with Gasteiger partial charge in [-0.1, -0.05) is 64.5 Å². The molecule has 0 saturated carbocycles. The monoisotopic (exact) mass is 595 g/mol. The van der Waals surface area contributed by atoms with E-state index in [9.17, 15) is 4.79 Å². The SMILES string of the molecule is COCCCNNC(=O)[C@@]1(Cc2ccccc2Br)N=C(c2ccc(OCCCO)cc2)O[C@H]1c1ccccc1. The summed E-state index contributed by atoms with van der Waals surface area (Å²) in [5.41, 5.74) is 7.15. The lowest BCUT2D eigenvalue weighted by molar-refractivity contribution is -0.130. The maximum Gasteiger partial charge on any atom is 0.266 e. The maximum absolute atomic E-state index is 14.0. The number of rotatable bonds is 14. The van der Waals surface area contributed by atoms with E-state index in [0.717, 1.165) is 27.6 Å². The first-order valence-corrected chi connectivity index (χ1v) is 13.8. The zero-order valence-corrected chi connectivity index (χ0v) is 23.5. The van der Waals surface area contributed by atoms with Gasteiger partial charge in [0.25, 0.3) is 5.91 Å². The van der Waals surface area contributed by atoms with Crippen LogP contribution in [0.3, 0.4) is 0 Å². The van der Waals surface area contributed by atoms with Crippen molar-refractivity contribution in [3.05, 3.63) is 100 Å². The van der Waals surface area contributed by atoms with E-state index in [0.29, 0.717) is 44.2 Å². The van der Waals surface area contributed by atoms with Crippen LogP contribution in [-0.2, 0) is 20.7 Å². The molecule has 0 fully saturated rings. The third kappa shape index (κ3) is 7.24. The van der Waals surface area contributed by atoms with E-state index in [1.165, 1.54) is 0 Å². The molecule has 0 unspecified atom stereocenters. The zero-order valence-electron chi connectivity index (χ0n) is 21.9. The predicted molar refractivity (Wildman–Crippen MR) is 154 cm³/mol. The van der Waals surface area contributed by atoms with Crippen molar-refractivity contribution in [1.82, 2.24) is 10.9 Å². The van der Waals surface area contributed by atoms with Gasteiger partial charge in [-0.2, -0.15) is 0 Å². The van der Waals surface area contributed by atoms with Crippen molar-refractivity contribution in [2.45, 2.75) is 30.9 Å². The van der Waals surface area contributed by atoms with Crippen LogP contribution < -0.4 is 15.6 Å². The quantitative estimate of drug-likeness (QED) is 0.189. The largest absolute Gasteiger partial charge is 0.494 e. The number of hydrazine groups is 1. The highest BCUT2D eigenvalue weighted by molar-refractivity contribution is 9.10. The van der Waals surface area contributed by atoms with E-state index in [1.54, 1.807) is 7.11 Å². The maximum atomic E-state index is 14.0. The Morgan fingerprint density at radius 3 is 2.49 bits per heavy atom. The van der Waals surface area contributed by atoms with E-state index in [4.69, 9.17) is 24.3 Å². The fourth-order valence-corrected chi connectivity index (χ4v) is 4.82. The normalized spacial score (nSPS) is 18.3. The van der Waals surface area contributed by atoms with E-state index in [2.05, 4.69) is 26.8 Å². The third-order valence-corrected chi connectivity index (χ3v) is 7.18. The summed E-state index contributed by atoms with van der Waals surface area (Å²) in [6.07, 6.45) is 0.948. The fraction of sp³-hybridized carbons (Fsp3) is 0.333. The molecule has 0 aliphatic carbocycles. The number of aliphatic hydroxyl groups excluding tert-OH is 1. The Kier molecular flexibility index (Phi) is 10.5. The summed E-state index contributed by atoms with van der Waals surface area (Å²) in [4.78, 5) is 19.1. The van der Waals surface area contributed by atoms with Crippen LogP contribution in [0, 0.1) is 0 Å². The molecule has 206 valence electrons. The van der Waals surface area contributed by atoms with Gasteiger partial charge in [0.15, 0.2) is 11.6 Å². The summed E-state index contributed by atoms with van der Waals surface area (Å²) in [5.74, 6) is 0.777. The highest BCUT2D eigenvalue weighted by Gasteiger charge is 2.53. The van der Waals surface area contributed by atoms with Gasteiger partial charge < -0.3 is 19.3 Å². The number of hydrogen-bond acceptors (Lipinski definition) is 7. The minimum atomic E-state index is -1.29. The number of aliphatic hydroxyl groups is 1. The molecule has 3 aromatic carbocycles. The van der Waals surface area contributed by atoms with Crippen molar-refractivity contribution in [1.29, 1.82) is 0 Å². The minimum Gasteiger partial charge on any atom is -0.494 e. The van der Waals surface area contributed by atoms with E-state index in [1.807, 2.05) is 78.9 Å². The third-order valence-electron chi connectivity index (χ3n) is 6.40. The molecule has 0 aromatic heterocycles. The second-order valence-electron chi connectivity index (χ2n) is 9.20. The van der Waals surface area contributed by atoms with E-state index < -0.39 is 11.6 Å². The van der Waals surface area contributed by atoms with Crippen molar-refractivity contribution in [3.63, 3.8) is 0 Å².